The number of rotatable bonds is 2. The second-order valence-corrected chi connectivity index (χ2v) is 4.62. The SMILES string of the molecule is Cc1cc(C)nc(Sc2cnc(C#N)cn2)c1. The Bertz CT molecular complexity index is 552. The van der Waals surface area contributed by atoms with E-state index in [1.54, 1.807) is 6.20 Å². The average Bonchev–Trinajstić information content (AvgIpc) is 2.28. The van der Waals surface area contributed by atoms with Gasteiger partial charge in [-0.25, -0.2) is 15.0 Å². The summed E-state index contributed by atoms with van der Waals surface area (Å²) in [5, 5.41) is 10.2. The molecule has 17 heavy (non-hydrogen) atoms. The standard InChI is InChI=1S/C12H10N4S/c1-8-3-9(2)16-11(4-8)17-12-7-14-10(5-13)6-15-12/h3-4,6-7H,1-2H3. The summed E-state index contributed by atoms with van der Waals surface area (Å²) in [5.41, 5.74) is 2.47. The van der Waals surface area contributed by atoms with Crippen molar-refractivity contribution in [1.29, 1.82) is 5.26 Å². The summed E-state index contributed by atoms with van der Waals surface area (Å²) in [4.78, 5) is 12.5. The molecule has 0 fully saturated rings. The second kappa shape index (κ2) is 4.93. The summed E-state index contributed by atoms with van der Waals surface area (Å²) in [6, 6.07) is 5.96. The zero-order valence-electron chi connectivity index (χ0n) is 9.51. The van der Waals surface area contributed by atoms with E-state index in [1.165, 1.54) is 23.5 Å². The Morgan fingerprint density at radius 2 is 1.94 bits per heavy atom. The van der Waals surface area contributed by atoms with E-state index in [4.69, 9.17) is 5.26 Å². The first-order chi connectivity index (χ1) is 8.17. The summed E-state index contributed by atoms with van der Waals surface area (Å²) in [6.07, 6.45) is 3.05. The molecule has 2 aromatic heterocycles. The number of nitriles is 1. The van der Waals surface area contributed by atoms with E-state index in [0.29, 0.717) is 5.69 Å². The first kappa shape index (κ1) is 11.6. The number of nitrogens with zero attached hydrogens (tertiary/aromatic N) is 4. The van der Waals surface area contributed by atoms with Crippen LogP contribution >= 0.6 is 11.8 Å². The topological polar surface area (TPSA) is 62.5 Å². The van der Waals surface area contributed by atoms with Crippen LogP contribution in [0.2, 0.25) is 0 Å². The Kier molecular flexibility index (Phi) is 3.35. The van der Waals surface area contributed by atoms with Gasteiger partial charge >= 0.3 is 0 Å². The quantitative estimate of drug-likeness (QED) is 0.809. The zero-order valence-corrected chi connectivity index (χ0v) is 10.3. The number of pyridine rings is 1. The summed E-state index contributed by atoms with van der Waals surface area (Å²) in [6.45, 7) is 3.99. The van der Waals surface area contributed by atoms with Gasteiger partial charge in [0.1, 0.15) is 16.1 Å². The minimum Gasteiger partial charge on any atom is -0.246 e. The van der Waals surface area contributed by atoms with E-state index in [1.807, 2.05) is 32.0 Å². The van der Waals surface area contributed by atoms with Crippen molar-refractivity contribution in [3.8, 4) is 6.07 Å². The number of aryl methyl sites for hydroxylation is 2. The lowest BCUT2D eigenvalue weighted by Gasteiger charge is -2.02. The molecule has 0 spiro atoms. The van der Waals surface area contributed by atoms with Crippen LogP contribution in [0.3, 0.4) is 0 Å². The lowest BCUT2D eigenvalue weighted by Crippen LogP contribution is -1.90. The van der Waals surface area contributed by atoms with E-state index in [0.717, 1.165) is 15.7 Å². The van der Waals surface area contributed by atoms with Crippen LogP contribution in [0, 0.1) is 25.2 Å². The molecule has 2 heterocycles. The zero-order chi connectivity index (χ0) is 12.3. The number of aromatic nitrogens is 3. The molecule has 2 aromatic rings. The largest absolute Gasteiger partial charge is 0.246 e. The third-order valence-electron chi connectivity index (χ3n) is 2.03. The molecule has 0 atom stereocenters. The van der Waals surface area contributed by atoms with Gasteiger partial charge in [0.15, 0.2) is 5.69 Å². The van der Waals surface area contributed by atoms with Crippen molar-refractivity contribution in [3.05, 3.63) is 41.5 Å². The summed E-state index contributed by atoms with van der Waals surface area (Å²) in [5.74, 6) is 0. The van der Waals surface area contributed by atoms with E-state index in [2.05, 4.69) is 15.0 Å². The Labute approximate surface area is 104 Å². The molecule has 0 saturated heterocycles. The number of hydrogen-bond donors (Lipinski definition) is 0. The molecule has 5 heteroatoms. The van der Waals surface area contributed by atoms with Gasteiger partial charge in [0.25, 0.3) is 0 Å². The molecular formula is C12H10N4S. The lowest BCUT2D eigenvalue weighted by atomic mass is 10.3. The van der Waals surface area contributed by atoms with Gasteiger partial charge in [0.2, 0.25) is 0 Å². The Hall–Kier alpha value is -1.93. The highest BCUT2D eigenvalue weighted by Gasteiger charge is 2.03. The predicted molar refractivity (Wildman–Crippen MR) is 64.6 cm³/mol. The predicted octanol–water partition coefficient (Wildman–Crippen LogP) is 2.51. The molecule has 0 aliphatic rings. The Morgan fingerprint density at radius 3 is 2.53 bits per heavy atom. The van der Waals surface area contributed by atoms with Crippen LogP contribution in [0.1, 0.15) is 17.0 Å². The Morgan fingerprint density at radius 1 is 1.12 bits per heavy atom. The molecule has 0 aromatic carbocycles. The van der Waals surface area contributed by atoms with E-state index >= 15 is 0 Å². The molecule has 0 bridgehead atoms. The van der Waals surface area contributed by atoms with Crippen molar-refractivity contribution in [2.45, 2.75) is 23.9 Å². The van der Waals surface area contributed by atoms with E-state index in [-0.39, 0.29) is 0 Å². The van der Waals surface area contributed by atoms with Crippen LogP contribution < -0.4 is 0 Å². The molecule has 0 saturated carbocycles. The minimum atomic E-state index is 0.322. The van der Waals surface area contributed by atoms with Crippen molar-refractivity contribution in [1.82, 2.24) is 15.0 Å². The molecule has 84 valence electrons. The normalized spacial score (nSPS) is 9.94. The van der Waals surface area contributed by atoms with Gasteiger partial charge in [-0.1, -0.05) is 0 Å². The monoisotopic (exact) mass is 242 g/mol. The highest BCUT2D eigenvalue weighted by atomic mass is 32.2. The first-order valence-electron chi connectivity index (χ1n) is 5.02. The molecule has 2 rings (SSSR count). The fourth-order valence-electron chi connectivity index (χ4n) is 1.39. The van der Waals surface area contributed by atoms with Crippen LogP contribution in [-0.4, -0.2) is 15.0 Å². The average molecular weight is 242 g/mol. The lowest BCUT2D eigenvalue weighted by molar-refractivity contribution is 1.01. The van der Waals surface area contributed by atoms with Crippen LogP contribution in [0.25, 0.3) is 0 Å². The highest BCUT2D eigenvalue weighted by molar-refractivity contribution is 7.99. The van der Waals surface area contributed by atoms with Gasteiger partial charge in [-0.3, -0.25) is 0 Å². The highest BCUT2D eigenvalue weighted by Crippen LogP contribution is 2.24. The van der Waals surface area contributed by atoms with Gasteiger partial charge in [-0.05, 0) is 43.3 Å². The summed E-state index contributed by atoms with van der Waals surface area (Å²) >= 11 is 1.44. The molecular weight excluding hydrogens is 232 g/mol. The summed E-state index contributed by atoms with van der Waals surface area (Å²) in [7, 11) is 0. The molecule has 0 amide bonds. The fourth-order valence-corrected chi connectivity index (χ4v) is 2.25. The summed E-state index contributed by atoms with van der Waals surface area (Å²) < 4.78 is 0. The molecule has 0 N–H and O–H groups in total. The van der Waals surface area contributed by atoms with Crippen molar-refractivity contribution in [3.63, 3.8) is 0 Å². The van der Waals surface area contributed by atoms with E-state index in [9.17, 15) is 0 Å². The minimum absolute atomic E-state index is 0.322. The van der Waals surface area contributed by atoms with Gasteiger partial charge in [0.05, 0.1) is 12.4 Å². The van der Waals surface area contributed by atoms with Crippen molar-refractivity contribution >= 4 is 11.8 Å². The van der Waals surface area contributed by atoms with Crippen molar-refractivity contribution in [2.75, 3.05) is 0 Å². The second-order valence-electron chi connectivity index (χ2n) is 3.58. The number of hydrogen-bond acceptors (Lipinski definition) is 5. The van der Waals surface area contributed by atoms with Crippen molar-refractivity contribution in [2.24, 2.45) is 0 Å². The van der Waals surface area contributed by atoms with Crippen molar-refractivity contribution < 1.29 is 0 Å². The third-order valence-corrected chi connectivity index (χ3v) is 2.86. The van der Waals surface area contributed by atoms with E-state index < -0.39 is 0 Å². The molecule has 0 aliphatic heterocycles. The molecule has 0 aliphatic carbocycles. The maximum Gasteiger partial charge on any atom is 0.158 e. The third kappa shape index (κ3) is 3.02. The Balaban J connectivity index is 2.22. The maximum absolute atomic E-state index is 8.62. The molecule has 0 unspecified atom stereocenters. The first-order valence-corrected chi connectivity index (χ1v) is 5.84. The van der Waals surface area contributed by atoms with Gasteiger partial charge in [-0.15, -0.1) is 0 Å². The van der Waals surface area contributed by atoms with Gasteiger partial charge in [0, 0.05) is 5.69 Å². The van der Waals surface area contributed by atoms with Crippen LogP contribution in [-0.2, 0) is 0 Å². The smallest absolute Gasteiger partial charge is 0.158 e. The molecule has 4 nitrogen and oxygen atoms in total. The maximum atomic E-state index is 8.62. The van der Waals surface area contributed by atoms with Crippen LogP contribution in [0.5, 0.6) is 0 Å². The van der Waals surface area contributed by atoms with Crippen LogP contribution in [0.15, 0.2) is 34.6 Å². The fraction of sp³-hybridized carbons (Fsp3) is 0.167. The van der Waals surface area contributed by atoms with Gasteiger partial charge < -0.3 is 0 Å². The molecule has 0 radical (unpaired) electrons. The van der Waals surface area contributed by atoms with Gasteiger partial charge in [-0.2, -0.15) is 5.26 Å². The van der Waals surface area contributed by atoms with Crippen LogP contribution in [0.4, 0.5) is 0 Å².